The Hall–Kier alpha value is -1.36. The molecular weight excluding hydrogens is 332 g/mol. The van der Waals surface area contributed by atoms with Crippen LogP contribution in [0.25, 0.3) is 0 Å². The van der Waals surface area contributed by atoms with E-state index >= 15 is 0 Å². The Kier molecular flexibility index (Phi) is 17.5. The molecule has 0 bridgehead atoms. The maximum atomic E-state index is 11.3. The zero-order valence-electron chi connectivity index (χ0n) is 16.7. The largest absolute Gasteiger partial charge is 0.516 e. The Morgan fingerprint density at radius 1 is 0.923 bits per heavy atom. The first-order valence-electron chi connectivity index (χ1n) is 10.3. The van der Waals surface area contributed by atoms with Gasteiger partial charge in [-0.05, 0) is 39.0 Å². The van der Waals surface area contributed by atoms with Gasteiger partial charge in [0.1, 0.15) is 0 Å². The molecule has 5 heteroatoms. The van der Waals surface area contributed by atoms with Gasteiger partial charge in [-0.25, -0.2) is 4.79 Å². The molecule has 0 saturated carbocycles. The third-order valence-electron chi connectivity index (χ3n) is 4.18. The zero-order chi connectivity index (χ0) is 19.5. The van der Waals surface area contributed by atoms with Crippen LogP contribution in [0, 0.1) is 0 Å². The second-order valence-corrected chi connectivity index (χ2v) is 6.67. The molecular formula is C21H38O5. The number of esters is 1. The van der Waals surface area contributed by atoms with Crippen molar-refractivity contribution in [3.63, 3.8) is 0 Å². The molecule has 0 rings (SSSR count). The Morgan fingerprint density at radius 3 is 2.35 bits per heavy atom. The Balaban J connectivity index is 3.39. The van der Waals surface area contributed by atoms with Crippen LogP contribution in [0.4, 0.5) is 4.79 Å². The molecule has 0 aromatic carbocycles. The van der Waals surface area contributed by atoms with Crippen LogP contribution in [0.3, 0.4) is 0 Å². The van der Waals surface area contributed by atoms with Crippen molar-refractivity contribution in [1.82, 2.24) is 0 Å². The molecule has 0 saturated heterocycles. The average Bonchev–Trinajstić information content (AvgIpc) is 2.60. The number of rotatable bonds is 16. The van der Waals surface area contributed by atoms with Crippen molar-refractivity contribution in [2.24, 2.45) is 0 Å². The number of unbranched alkanes of at least 4 members (excludes halogenated alkanes) is 8. The van der Waals surface area contributed by atoms with Gasteiger partial charge in [0, 0.05) is 6.42 Å². The number of carbonyl (C=O) groups excluding carboxylic acids is 2. The lowest BCUT2D eigenvalue weighted by atomic mass is 10.1. The number of hydrogen-bond donors (Lipinski definition) is 1. The van der Waals surface area contributed by atoms with Crippen molar-refractivity contribution in [3.8, 4) is 0 Å². The number of carbonyl (C=O) groups is 2. The first-order chi connectivity index (χ1) is 12.6. The van der Waals surface area contributed by atoms with Crippen LogP contribution in [0.2, 0.25) is 0 Å². The van der Waals surface area contributed by atoms with Crippen LogP contribution in [-0.2, 0) is 14.3 Å². The molecule has 0 unspecified atom stereocenters. The summed E-state index contributed by atoms with van der Waals surface area (Å²) in [4.78, 5) is 22.3. The van der Waals surface area contributed by atoms with Crippen LogP contribution in [0.1, 0.15) is 97.3 Å². The van der Waals surface area contributed by atoms with Gasteiger partial charge in [-0.3, -0.25) is 4.79 Å². The van der Waals surface area contributed by atoms with Crippen LogP contribution in [-0.4, -0.2) is 29.9 Å². The van der Waals surface area contributed by atoms with E-state index in [9.17, 15) is 14.7 Å². The monoisotopic (exact) mass is 370 g/mol. The molecule has 1 atom stereocenters. The number of aliphatic hydroxyl groups is 1. The predicted molar refractivity (Wildman–Crippen MR) is 104 cm³/mol. The van der Waals surface area contributed by atoms with E-state index in [4.69, 9.17) is 0 Å². The number of hydrogen-bond acceptors (Lipinski definition) is 5. The summed E-state index contributed by atoms with van der Waals surface area (Å²) in [5.74, 6) is -0.514. The zero-order valence-corrected chi connectivity index (χ0v) is 16.7. The molecule has 26 heavy (non-hydrogen) atoms. The lowest BCUT2D eigenvalue weighted by molar-refractivity contribution is -0.139. The van der Waals surface area contributed by atoms with Crippen molar-refractivity contribution in [2.45, 2.75) is 103 Å². The topological polar surface area (TPSA) is 72.8 Å². The Morgan fingerprint density at radius 2 is 1.62 bits per heavy atom. The van der Waals surface area contributed by atoms with E-state index in [1.54, 1.807) is 6.92 Å². The maximum Gasteiger partial charge on any atom is 0.516 e. The van der Waals surface area contributed by atoms with Crippen molar-refractivity contribution in [1.29, 1.82) is 0 Å². The van der Waals surface area contributed by atoms with E-state index < -0.39 is 12.1 Å². The first kappa shape index (κ1) is 24.6. The summed E-state index contributed by atoms with van der Waals surface area (Å²) in [5.41, 5.74) is 0. The third kappa shape index (κ3) is 17.5. The molecule has 0 amide bonds. The van der Waals surface area contributed by atoms with Gasteiger partial charge < -0.3 is 14.6 Å². The SMILES string of the molecule is CCCCCC[C@@H](O)C/C=C\CCCCCCCC(=O)OC(=O)OCC. The van der Waals surface area contributed by atoms with Gasteiger partial charge in [-0.2, -0.15) is 0 Å². The minimum Gasteiger partial charge on any atom is -0.434 e. The third-order valence-corrected chi connectivity index (χ3v) is 4.18. The molecule has 0 heterocycles. The molecule has 0 aromatic heterocycles. The quantitative estimate of drug-likeness (QED) is 0.163. The molecule has 0 aliphatic carbocycles. The lowest BCUT2D eigenvalue weighted by Crippen LogP contribution is -2.13. The number of aliphatic hydroxyl groups excluding tert-OH is 1. The highest BCUT2D eigenvalue weighted by Crippen LogP contribution is 2.10. The van der Waals surface area contributed by atoms with Crippen molar-refractivity contribution < 1.29 is 24.2 Å². The molecule has 0 aromatic rings. The van der Waals surface area contributed by atoms with E-state index in [2.05, 4.69) is 28.5 Å². The lowest BCUT2D eigenvalue weighted by Gasteiger charge is -2.07. The Bertz CT molecular complexity index is 379. The summed E-state index contributed by atoms with van der Waals surface area (Å²) in [6.45, 7) is 4.07. The number of ether oxygens (including phenoxy) is 2. The van der Waals surface area contributed by atoms with E-state index in [0.717, 1.165) is 57.8 Å². The van der Waals surface area contributed by atoms with Gasteiger partial charge in [0.2, 0.25) is 0 Å². The summed E-state index contributed by atoms with van der Waals surface area (Å²) in [6.07, 6.45) is 15.9. The molecule has 1 N–H and O–H groups in total. The van der Waals surface area contributed by atoms with Crippen molar-refractivity contribution in [3.05, 3.63) is 12.2 Å². The average molecular weight is 371 g/mol. The first-order valence-corrected chi connectivity index (χ1v) is 10.3. The van der Waals surface area contributed by atoms with Gasteiger partial charge in [0.05, 0.1) is 12.7 Å². The number of allylic oxidation sites excluding steroid dienone is 1. The van der Waals surface area contributed by atoms with E-state index in [-0.39, 0.29) is 19.1 Å². The second kappa shape index (κ2) is 18.4. The molecule has 0 aliphatic heterocycles. The van der Waals surface area contributed by atoms with Crippen molar-refractivity contribution >= 4 is 12.1 Å². The van der Waals surface area contributed by atoms with Crippen LogP contribution in [0.15, 0.2) is 12.2 Å². The fourth-order valence-electron chi connectivity index (χ4n) is 2.65. The summed E-state index contributed by atoms with van der Waals surface area (Å²) >= 11 is 0. The fourth-order valence-corrected chi connectivity index (χ4v) is 2.65. The van der Waals surface area contributed by atoms with Crippen LogP contribution >= 0.6 is 0 Å². The molecule has 0 spiro atoms. The second-order valence-electron chi connectivity index (χ2n) is 6.67. The van der Waals surface area contributed by atoms with Gasteiger partial charge in [0.25, 0.3) is 0 Å². The summed E-state index contributed by atoms with van der Waals surface area (Å²) in [5, 5.41) is 9.86. The highest BCUT2D eigenvalue weighted by Gasteiger charge is 2.10. The summed E-state index contributed by atoms with van der Waals surface area (Å²) in [7, 11) is 0. The normalized spacial score (nSPS) is 12.3. The fraction of sp³-hybridized carbons (Fsp3) is 0.810. The highest BCUT2D eigenvalue weighted by atomic mass is 16.7. The van der Waals surface area contributed by atoms with E-state index in [1.165, 1.54) is 19.3 Å². The minimum absolute atomic E-state index is 0.197. The smallest absolute Gasteiger partial charge is 0.434 e. The van der Waals surface area contributed by atoms with Crippen LogP contribution in [0.5, 0.6) is 0 Å². The van der Waals surface area contributed by atoms with Gasteiger partial charge in [0.15, 0.2) is 0 Å². The molecule has 0 aliphatic rings. The molecule has 152 valence electrons. The van der Waals surface area contributed by atoms with E-state index in [0.29, 0.717) is 0 Å². The van der Waals surface area contributed by atoms with Gasteiger partial charge in [-0.1, -0.05) is 64.0 Å². The van der Waals surface area contributed by atoms with Crippen molar-refractivity contribution in [2.75, 3.05) is 6.61 Å². The van der Waals surface area contributed by atoms with E-state index in [1.807, 2.05) is 0 Å². The maximum absolute atomic E-state index is 11.3. The highest BCUT2D eigenvalue weighted by molar-refractivity contribution is 5.81. The van der Waals surface area contributed by atoms with Crippen LogP contribution < -0.4 is 0 Å². The molecule has 0 fully saturated rings. The summed E-state index contributed by atoms with van der Waals surface area (Å²) < 4.78 is 9.03. The predicted octanol–water partition coefficient (Wildman–Crippen LogP) is 5.69. The van der Waals surface area contributed by atoms with Gasteiger partial charge >= 0.3 is 12.1 Å². The molecule has 0 radical (unpaired) electrons. The Labute approximate surface area is 159 Å². The molecule has 5 nitrogen and oxygen atoms in total. The minimum atomic E-state index is -0.907. The van der Waals surface area contributed by atoms with Gasteiger partial charge in [-0.15, -0.1) is 0 Å². The summed E-state index contributed by atoms with van der Waals surface area (Å²) in [6, 6.07) is 0. The standard InChI is InChI=1S/C21H38O5/c1-3-5-6-13-16-19(22)17-14-11-9-7-8-10-12-15-18-20(23)26-21(24)25-4-2/h11,14,19,22H,3-10,12-13,15-18H2,1-2H3/b14-11-/t19-/m1/s1.